The molecule has 1 fully saturated rings. The molecule has 0 radical (unpaired) electrons. The largest absolute Gasteiger partial charge is 0.463 e. The molecule has 0 bridgehead atoms. The van der Waals surface area contributed by atoms with E-state index in [1.165, 1.54) is 11.7 Å². The molecule has 1 saturated heterocycles. The van der Waals surface area contributed by atoms with Crippen molar-refractivity contribution in [2.45, 2.75) is 18.3 Å². The number of aromatic nitrogens is 2. The third-order valence-corrected chi connectivity index (χ3v) is 6.03. The second-order valence-electron chi connectivity index (χ2n) is 7.45. The smallest absolute Gasteiger partial charge is 0.374 e. The van der Waals surface area contributed by atoms with E-state index in [9.17, 15) is 9.59 Å². The number of hydrogen-bond donors (Lipinski definition) is 2. The van der Waals surface area contributed by atoms with Crippen LogP contribution in [0.2, 0.25) is 0 Å². The summed E-state index contributed by atoms with van der Waals surface area (Å²) >= 11 is 0. The molecule has 0 saturated carbocycles. The van der Waals surface area contributed by atoms with Crippen molar-refractivity contribution in [3.05, 3.63) is 47.9 Å². The number of aliphatic imine (C=N–C) groups is 1. The highest BCUT2D eigenvalue weighted by Crippen LogP contribution is 2.45. The van der Waals surface area contributed by atoms with Gasteiger partial charge in [-0.25, -0.2) is 14.8 Å². The van der Waals surface area contributed by atoms with Crippen molar-refractivity contribution in [3.63, 3.8) is 0 Å². The van der Waals surface area contributed by atoms with Gasteiger partial charge in [-0.15, -0.1) is 0 Å². The molecule has 2 aromatic rings. The van der Waals surface area contributed by atoms with Gasteiger partial charge in [-0.3, -0.25) is 4.79 Å². The van der Waals surface area contributed by atoms with E-state index >= 15 is 0 Å². The summed E-state index contributed by atoms with van der Waals surface area (Å²) in [4.78, 5) is 35.5. The number of likely N-dealkylation sites (tertiary alicyclic amines) is 1. The SMILES string of the molecule is C=C(c1nc(C(=O)OC)n(C)c1N=CN)N1CCC2(CC1)C(=O)Nc1ccccc12. The van der Waals surface area contributed by atoms with Crippen LogP contribution in [0.4, 0.5) is 11.5 Å². The number of ether oxygens (including phenoxy) is 1. The Balaban J connectivity index is 1.60. The Hall–Kier alpha value is -3.62. The van der Waals surface area contributed by atoms with Crippen molar-refractivity contribution in [2.75, 3.05) is 25.5 Å². The van der Waals surface area contributed by atoms with Gasteiger partial charge in [0.1, 0.15) is 5.69 Å². The van der Waals surface area contributed by atoms with Gasteiger partial charge in [0.2, 0.25) is 11.7 Å². The fourth-order valence-corrected chi connectivity index (χ4v) is 4.35. The van der Waals surface area contributed by atoms with Gasteiger partial charge in [-0.1, -0.05) is 24.8 Å². The standard InChI is InChI=1S/C21H24N6O3/c1-13(16-17(23-12-22)26(2)18(25-16)19(28)30-3)27-10-8-21(9-11-27)14-6-4-5-7-15(14)24-20(21)29/h4-7,12H,1,8-11H2,2-3H3,(H2,22,23)(H,24,29). The summed E-state index contributed by atoms with van der Waals surface area (Å²) in [5.74, 6) is 0.0222. The van der Waals surface area contributed by atoms with Crippen LogP contribution in [0.25, 0.3) is 5.70 Å². The molecular weight excluding hydrogens is 384 g/mol. The number of hydrogen-bond acceptors (Lipinski definition) is 6. The minimum Gasteiger partial charge on any atom is -0.463 e. The van der Waals surface area contributed by atoms with E-state index in [4.69, 9.17) is 10.5 Å². The molecule has 1 aromatic carbocycles. The van der Waals surface area contributed by atoms with Crippen molar-refractivity contribution >= 4 is 35.4 Å². The number of piperidine rings is 1. The number of amides is 1. The number of nitrogens with two attached hydrogens (primary N) is 1. The van der Waals surface area contributed by atoms with Crippen molar-refractivity contribution in [1.29, 1.82) is 0 Å². The third kappa shape index (κ3) is 2.85. The highest BCUT2D eigenvalue weighted by molar-refractivity contribution is 6.06. The Bertz CT molecular complexity index is 1060. The zero-order valence-electron chi connectivity index (χ0n) is 17.0. The normalized spacial score (nSPS) is 17.3. The number of rotatable bonds is 4. The Morgan fingerprint density at radius 3 is 2.73 bits per heavy atom. The lowest BCUT2D eigenvalue weighted by Gasteiger charge is -2.39. The fraction of sp³-hybridized carbons (Fsp3) is 0.333. The van der Waals surface area contributed by atoms with E-state index < -0.39 is 11.4 Å². The highest BCUT2D eigenvalue weighted by Gasteiger charge is 2.48. The molecule has 1 amide bonds. The number of fused-ring (bicyclic) bond motifs is 2. The Labute approximate surface area is 174 Å². The third-order valence-electron chi connectivity index (χ3n) is 6.03. The first-order valence-electron chi connectivity index (χ1n) is 9.67. The first-order valence-corrected chi connectivity index (χ1v) is 9.67. The van der Waals surface area contributed by atoms with Crippen LogP contribution in [0.1, 0.15) is 34.7 Å². The lowest BCUT2D eigenvalue weighted by molar-refractivity contribution is -0.122. The van der Waals surface area contributed by atoms with E-state index in [-0.39, 0.29) is 11.7 Å². The van der Waals surface area contributed by atoms with Crippen molar-refractivity contribution in [3.8, 4) is 0 Å². The zero-order valence-corrected chi connectivity index (χ0v) is 17.0. The molecule has 3 heterocycles. The van der Waals surface area contributed by atoms with E-state index in [2.05, 4.69) is 26.8 Å². The van der Waals surface area contributed by atoms with Crippen molar-refractivity contribution in [1.82, 2.24) is 14.5 Å². The summed E-state index contributed by atoms with van der Waals surface area (Å²) in [6.07, 6.45) is 2.46. The number of carbonyl (C=O) groups is 2. The van der Waals surface area contributed by atoms with Gasteiger partial charge in [-0.05, 0) is 24.5 Å². The van der Waals surface area contributed by atoms with Crippen LogP contribution >= 0.6 is 0 Å². The first kappa shape index (κ1) is 19.7. The molecular formula is C21H24N6O3. The molecule has 0 aliphatic carbocycles. The van der Waals surface area contributed by atoms with Crippen molar-refractivity contribution < 1.29 is 14.3 Å². The average Bonchev–Trinajstić information content (AvgIpc) is 3.23. The maximum absolute atomic E-state index is 12.8. The number of para-hydroxylation sites is 1. The summed E-state index contributed by atoms with van der Waals surface area (Å²) in [5, 5.41) is 3.01. The molecule has 4 rings (SSSR count). The van der Waals surface area contributed by atoms with Crippen LogP contribution < -0.4 is 11.1 Å². The predicted octanol–water partition coefficient (Wildman–Crippen LogP) is 1.78. The summed E-state index contributed by atoms with van der Waals surface area (Å²) < 4.78 is 6.33. The molecule has 1 aromatic heterocycles. The van der Waals surface area contributed by atoms with Crippen LogP contribution in [0.3, 0.4) is 0 Å². The zero-order chi connectivity index (χ0) is 21.5. The van der Waals surface area contributed by atoms with E-state index in [0.29, 0.717) is 43.1 Å². The number of benzene rings is 1. The van der Waals surface area contributed by atoms with Gasteiger partial charge in [0.05, 0.1) is 24.6 Å². The van der Waals surface area contributed by atoms with Crippen LogP contribution in [0.15, 0.2) is 35.8 Å². The average molecular weight is 408 g/mol. The number of esters is 1. The predicted molar refractivity (Wildman–Crippen MR) is 113 cm³/mol. The van der Waals surface area contributed by atoms with E-state index in [1.807, 2.05) is 24.3 Å². The van der Waals surface area contributed by atoms with E-state index in [0.717, 1.165) is 17.6 Å². The molecule has 2 aliphatic rings. The Morgan fingerprint density at radius 1 is 1.37 bits per heavy atom. The van der Waals surface area contributed by atoms with E-state index in [1.54, 1.807) is 7.05 Å². The monoisotopic (exact) mass is 408 g/mol. The fourth-order valence-electron chi connectivity index (χ4n) is 4.35. The van der Waals surface area contributed by atoms with Crippen LogP contribution in [-0.2, 0) is 22.0 Å². The Kier molecular flexibility index (Phi) is 4.81. The second kappa shape index (κ2) is 7.33. The van der Waals surface area contributed by atoms with Gasteiger partial charge in [-0.2, -0.15) is 0 Å². The lowest BCUT2D eigenvalue weighted by atomic mass is 9.73. The van der Waals surface area contributed by atoms with Crippen molar-refractivity contribution in [2.24, 2.45) is 17.8 Å². The minimum absolute atomic E-state index is 0.0493. The number of nitrogens with zero attached hydrogens (tertiary/aromatic N) is 4. The molecule has 9 nitrogen and oxygen atoms in total. The molecule has 9 heteroatoms. The van der Waals surface area contributed by atoms with Gasteiger partial charge < -0.3 is 25.3 Å². The quantitative estimate of drug-likeness (QED) is 0.453. The number of anilines is 1. The van der Waals surface area contributed by atoms with Crippen LogP contribution in [-0.4, -0.2) is 52.9 Å². The van der Waals surface area contributed by atoms with Gasteiger partial charge in [0, 0.05) is 25.8 Å². The maximum Gasteiger partial charge on any atom is 0.374 e. The van der Waals surface area contributed by atoms with Gasteiger partial charge in [0.15, 0.2) is 5.82 Å². The highest BCUT2D eigenvalue weighted by atomic mass is 16.5. The van der Waals surface area contributed by atoms with Gasteiger partial charge in [0.25, 0.3) is 0 Å². The molecule has 2 aliphatic heterocycles. The van der Waals surface area contributed by atoms with Gasteiger partial charge >= 0.3 is 5.97 Å². The minimum atomic E-state index is -0.568. The molecule has 3 N–H and O–H groups in total. The first-order chi connectivity index (χ1) is 14.4. The maximum atomic E-state index is 12.8. The number of imidazole rings is 1. The molecule has 0 unspecified atom stereocenters. The Morgan fingerprint density at radius 2 is 2.07 bits per heavy atom. The lowest BCUT2D eigenvalue weighted by Crippen LogP contribution is -2.45. The molecule has 0 atom stereocenters. The summed E-state index contributed by atoms with van der Waals surface area (Å²) in [6.45, 7) is 5.44. The summed E-state index contributed by atoms with van der Waals surface area (Å²) in [7, 11) is 2.97. The number of methoxy groups -OCH3 is 1. The number of nitrogens with one attached hydrogen (secondary N) is 1. The second-order valence-corrected chi connectivity index (χ2v) is 7.45. The molecule has 1 spiro atoms. The summed E-state index contributed by atoms with van der Waals surface area (Å²) in [6, 6.07) is 7.85. The molecule has 156 valence electrons. The van der Waals surface area contributed by atoms with Crippen LogP contribution in [0.5, 0.6) is 0 Å². The summed E-state index contributed by atoms with van der Waals surface area (Å²) in [5.41, 5.74) is 8.01. The molecule has 30 heavy (non-hydrogen) atoms. The topological polar surface area (TPSA) is 115 Å². The number of carbonyl (C=O) groups excluding carboxylic acids is 2. The van der Waals surface area contributed by atoms with Crippen LogP contribution in [0, 0.1) is 0 Å².